The van der Waals surface area contributed by atoms with E-state index in [1.54, 1.807) is 18.1 Å². The lowest BCUT2D eigenvalue weighted by atomic mass is 9.91. The van der Waals surface area contributed by atoms with Crippen LogP contribution in [0.1, 0.15) is 30.4 Å². The van der Waals surface area contributed by atoms with Crippen LogP contribution in [0.3, 0.4) is 0 Å². The normalized spacial score (nSPS) is 19.4. The molecule has 1 saturated carbocycles. The summed E-state index contributed by atoms with van der Waals surface area (Å²) in [6.07, 6.45) is 3.90. The highest BCUT2D eigenvalue weighted by atomic mass is 16.5. The van der Waals surface area contributed by atoms with Crippen molar-refractivity contribution in [1.29, 1.82) is 0 Å². The van der Waals surface area contributed by atoms with Gasteiger partial charge in [0.2, 0.25) is 5.91 Å². The molecule has 1 aliphatic heterocycles. The predicted octanol–water partition coefficient (Wildman–Crippen LogP) is 4.67. The van der Waals surface area contributed by atoms with Crippen LogP contribution in [0, 0.1) is 0 Å². The Morgan fingerprint density at radius 2 is 2.08 bits per heavy atom. The van der Waals surface area contributed by atoms with Crippen LogP contribution in [-0.2, 0) is 10.2 Å². The van der Waals surface area contributed by atoms with Crippen LogP contribution in [0.25, 0.3) is 16.6 Å². The molecule has 2 atom stereocenters. The van der Waals surface area contributed by atoms with Crippen LogP contribution in [0.4, 0.5) is 17.2 Å². The molecular formula is C28H25N7O3. The first-order valence-electron chi connectivity index (χ1n) is 12.5. The number of amides is 1. The first kappa shape index (κ1) is 22.3. The molecule has 3 aromatic carbocycles. The molecule has 2 aliphatic rings. The average molecular weight is 508 g/mol. The molecule has 3 heterocycles. The summed E-state index contributed by atoms with van der Waals surface area (Å²) in [6.45, 7) is 2.47. The number of hydrogen-bond donors (Lipinski definition) is 3. The van der Waals surface area contributed by atoms with E-state index in [4.69, 9.17) is 9.47 Å². The maximum atomic E-state index is 13.1. The molecule has 38 heavy (non-hydrogen) atoms. The minimum Gasteiger partial charge on any atom is -0.497 e. The van der Waals surface area contributed by atoms with Crippen molar-refractivity contribution >= 4 is 34.0 Å². The molecule has 1 aliphatic carbocycles. The molecule has 1 spiro atoms. The number of aromatic nitrogens is 5. The van der Waals surface area contributed by atoms with Gasteiger partial charge in [-0.2, -0.15) is 10.2 Å². The maximum Gasteiger partial charge on any atom is 0.235 e. The molecule has 2 aromatic heterocycles. The van der Waals surface area contributed by atoms with Crippen LogP contribution < -0.4 is 20.1 Å². The second-order valence-electron chi connectivity index (χ2n) is 9.55. The van der Waals surface area contributed by atoms with E-state index in [-0.39, 0.29) is 11.8 Å². The van der Waals surface area contributed by atoms with Crippen LogP contribution in [0.2, 0.25) is 0 Å². The summed E-state index contributed by atoms with van der Waals surface area (Å²) >= 11 is 0. The SMILES string of the molecule is CCOc1cc(-n2cncn2)ccc1Nc1n[nH]c2cc([C@@H]3C[C@@]34C(=O)Nc3ccc(OC)cc34)ccc12. The molecule has 0 bridgehead atoms. The summed E-state index contributed by atoms with van der Waals surface area (Å²) in [5.74, 6) is 2.28. The summed E-state index contributed by atoms with van der Waals surface area (Å²) in [4.78, 5) is 17.1. The Labute approximate surface area is 218 Å². The number of nitrogens with zero attached hydrogens (tertiary/aromatic N) is 4. The van der Waals surface area contributed by atoms with E-state index in [9.17, 15) is 4.79 Å². The number of hydrogen-bond acceptors (Lipinski definition) is 7. The van der Waals surface area contributed by atoms with Crippen molar-refractivity contribution in [3.05, 3.63) is 78.4 Å². The molecule has 5 aromatic rings. The molecule has 3 N–H and O–H groups in total. The fraction of sp³-hybridized carbons (Fsp3) is 0.214. The van der Waals surface area contributed by atoms with Gasteiger partial charge in [0.1, 0.15) is 24.2 Å². The summed E-state index contributed by atoms with van der Waals surface area (Å²) in [5.41, 5.74) is 4.98. The fourth-order valence-corrected chi connectivity index (χ4v) is 5.55. The van der Waals surface area contributed by atoms with E-state index < -0.39 is 5.41 Å². The van der Waals surface area contributed by atoms with Crippen molar-refractivity contribution in [2.24, 2.45) is 0 Å². The van der Waals surface area contributed by atoms with Gasteiger partial charge in [-0.05, 0) is 66.9 Å². The van der Waals surface area contributed by atoms with Crippen molar-refractivity contribution < 1.29 is 14.3 Å². The summed E-state index contributed by atoms with van der Waals surface area (Å²) in [5, 5.41) is 19.3. The zero-order chi connectivity index (χ0) is 25.9. The molecular weight excluding hydrogens is 482 g/mol. The van der Waals surface area contributed by atoms with E-state index >= 15 is 0 Å². The van der Waals surface area contributed by atoms with Gasteiger partial charge in [0.25, 0.3) is 0 Å². The zero-order valence-electron chi connectivity index (χ0n) is 20.9. The minimum atomic E-state index is -0.545. The molecule has 10 nitrogen and oxygen atoms in total. The predicted molar refractivity (Wildman–Crippen MR) is 143 cm³/mol. The third-order valence-corrected chi connectivity index (χ3v) is 7.51. The Bertz CT molecular complexity index is 1690. The van der Waals surface area contributed by atoms with Crippen molar-refractivity contribution in [2.45, 2.75) is 24.7 Å². The number of rotatable bonds is 7. The smallest absolute Gasteiger partial charge is 0.235 e. The molecule has 0 saturated heterocycles. The molecule has 1 amide bonds. The summed E-state index contributed by atoms with van der Waals surface area (Å²) < 4.78 is 13.0. The Morgan fingerprint density at radius 1 is 1.16 bits per heavy atom. The quantitative estimate of drug-likeness (QED) is 0.293. The number of aromatic amines is 1. The largest absolute Gasteiger partial charge is 0.497 e. The summed E-state index contributed by atoms with van der Waals surface area (Å²) in [7, 11) is 1.64. The van der Waals surface area contributed by atoms with Crippen molar-refractivity contribution in [3.63, 3.8) is 0 Å². The number of carbonyl (C=O) groups is 1. The number of fused-ring (bicyclic) bond motifs is 3. The topological polar surface area (TPSA) is 119 Å². The number of nitrogens with one attached hydrogen (secondary N) is 3. The highest BCUT2D eigenvalue weighted by molar-refractivity contribution is 6.10. The second-order valence-corrected chi connectivity index (χ2v) is 9.55. The number of methoxy groups -OCH3 is 1. The lowest BCUT2D eigenvalue weighted by Gasteiger charge is -2.13. The number of H-pyrrole nitrogens is 1. The summed E-state index contributed by atoms with van der Waals surface area (Å²) in [6, 6.07) is 17.8. The van der Waals surface area contributed by atoms with Crippen LogP contribution >= 0.6 is 0 Å². The first-order chi connectivity index (χ1) is 18.6. The zero-order valence-corrected chi connectivity index (χ0v) is 20.9. The van der Waals surface area contributed by atoms with E-state index in [0.29, 0.717) is 18.2 Å². The van der Waals surface area contributed by atoms with Gasteiger partial charge in [-0.3, -0.25) is 9.89 Å². The number of ether oxygens (including phenoxy) is 2. The Kier molecular flexibility index (Phi) is 4.90. The lowest BCUT2D eigenvalue weighted by molar-refractivity contribution is -0.118. The van der Waals surface area contributed by atoms with Crippen molar-refractivity contribution in [3.8, 4) is 17.2 Å². The molecule has 0 unspecified atom stereocenters. The second kappa shape index (κ2) is 8.34. The fourth-order valence-electron chi connectivity index (χ4n) is 5.55. The average Bonchev–Trinajstić information content (AvgIpc) is 3.20. The third kappa shape index (κ3) is 3.33. The van der Waals surface area contributed by atoms with Gasteiger partial charge >= 0.3 is 0 Å². The third-order valence-electron chi connectivity index (χ3n) is 7.51. The van der Waals surface area contributed by atoms with E-state index in [0.717, 1.165) is 51.3 Å². The Balaban J connectivity index is 1.18. The van der Waals surface area contributed by atoms with Gasteiger partial charge in [-0.25, -0.2) is 9.67 Å². The highest BCUT2D eigenvalue weighted by Crippen LogP contribution is 2.65. The Morgan fingerprint density at radius 3 is 2.89 bits per heavy atom. The maximum absolute atomic E-state index is 13.1. The first-order valence-corrected chi connectivity index (χ1v) is 12.5. The number of benzene rings is 3. The number of carbonyl (C=O) groups excluding carboxylic acids is 1. The highest BCUT2D eigenvalue weighted by Gasteiger charge is 2.65. The molecule has 10 heteroatoms. The number of anilines is 3. The lowest BCUT2D eigenvalue weighted by Crippen LogP contribution is -2.21. The van der Waals surface area contributed by atoms with E-state index in [2.05, 4.69) is 43.0 Å². The molecule has 0 radical (unpaired) electrons. The van der Waals surface area contributed by atoms with Crippen LogP contribution in [-0.4, -0.2) is 44.6 Å². The van der Waals surface area contributed by atoms with Gasteiger partial charge in [0.15, 0.2) is 5.82 Å². The van der Waals surface area contributed by atoms with Gasteiger partial charge in [-0.1, -0.05) is 6.07 Å². The van der Waals surface area contributed by atoms with Crippen LogP contribution in [0.5, 0.6) is 11.5 Å². The molecule has 7 rings (SSSR count). The standard InChI is InChI=1S/C28H25N7O3/c1-3-38-25-11-17(35-15-29-14-30-35)5-8-23(25)31-26-19-7-4-16(10-24(19)33-34-26)21-13-28(21)20-12-18(37-2)6-9-22(20)32-27(28)36/h4-12,14-15,21H,3,13H2,1-2H3,(H,32,36)(H2,31,33,34)/t21-,28-/m0/s1. The minimum absolute atomic E-state index is 0.0515. The van der Waals surface area contributed by atoms with Gasteiger partial charge < -0.3 is 20.1 Å². The van der Waals surface area contributed by atoms with Crippen molar-refractivity contribution in [1.82, 2.24) is 25.0 Å². The van der Waals surface area contributed by atoms with Gasteiger partial charge in [-0.15, -0.1) is 0 Å². The van der Waals surface area contributed by atoms with E-state index in [1.807, 2.05) is 49.4 Å². The van der Waals surface area contributed by atoms with Crippen LogP contribution in [0.15, 0.2) is 67.3 Å². The van der Waals surface area contributed by atoms with Gasteiger partial charge in [0, 0.05) is 23.1 Å². The Hall–Kier alpha value is -4.86. The molecule has 1 fully saturated rings. The van der Waals surface area contributed by atoms with Gasteiger partial charge in [0.05, 0.1) is 36.0 Å². The monoisotopic (exact) mass is 507 g/mol. The van der Waals surface area contributed by atoms with Crippen molar-refractivity contribution in [2.75, 3.05) is 24.4 Å². The van der Waals surface area contributed by atoms with E-state index in [1.165, 1.54) is 6.33 Å². The molecule has 190 valence electrons.